The van der Waals surface area contributed by atoms with Crippen LogP contribution >= 0.6 is 15.9 Å². The number of benzene rings is 1. The quantitative estimate of drug-likeness (QED) is 0.819. The van der Waals surface area contributed by atoms with Gasteiger partial charge in [0.2, 0.25) is 0 Å². The van der Waals surface area contributed by atoms with Crippen LogP contribution in [0.5, 0.6) is 0 Å². The van der Waals surface area contributed by atoms with Crippen LogP contribution in [0.1, 0.15) is 37.2 Å². The molecule has 2 aliphatic rings. The third-order valence-electron chi connectivity index (χ3n) is 5.01. The predicted octanol–water partition coefficient (Wildman–Crippen LogP) is 3.34. The molecule has 0 bridgehead atoms. The summed E-state index contributed by atoms with van der Waals surface area (Å²) in [6.45, 7) is 0.980. The Hall–Kier alpha value is -1.63. The number of carbonyl (C=O) groups excluding carboxylic acids is 1. The molecule has 1 aliphatic carbocycles. The molecule has 3 rings (SSSR count). The fraction of sp³-hybridized carbons (Fsp3) is 0.529. The van der Waals surface area contributed by atoms with E-state index in [1.807, 2.05) is 0 Å². The molecule has 1 heterocycles. The van der Waals surface area contributed by atoms with Gasteiger partial charge in [-0.2, -0.15) is 0 Å². The molecule has 1 saturated heterocycles. The number of hydrogen-bond acceptors (Lipinski definition) is 2. The van der Waals surface area contributed by atoms with Gasteiger partial charge in [0.1, 0.15) is 5.82 Å². The zero-order valence-corrected chi connectivity index (χ0v) is 14.8. The Morgan fingerprint density at radius 1 is 1.25 bits per heavy atom. The molecule has 0 aromatic heterocycles. The number of carbonyl (C=O) groups is 2. The summed E-state index contributed by atoms with van der Waals surface area (Å²) in [6.07, 6.45) is 2.71. The lowest BCUT2D eigenvalue weighted by atomic mass is 9.76. The molecule has 1 aromatic carbocycles. The third-order valence-corrected chi connectivity index (χ3v) is 5.62. The molecule has 0 unspecified atom stereocenters. The average Bonchev–Trinajstić information content (AvgIpc) is 2.53. The number of rotatable bonds is 3. The lowest BCUT2D eigenvalue weighted by Gasteiger charge is -2.38. The minimum atomic E-state index is -0.776. The van der Waals surface area contributed by atoms with Crippen molar-refractivity contribution in [3.63, 3.8) is 0 Å². The molecular weight excluding hydrogens is 379 g/mol. The van der Waals surface area contributed by atoms with E-state index in [1.165, 1.54) is 6.07 Å². The van der Waals surface area contributed by atoms with Crippen LogP contribution in [0.3, 0.4) is 0 Å². The van der Waals surface area contributed by atoms with Gasteiger partial charge in [0.25, 0.3) is 0 Å². The largest absolute Gasteiger partial charge is 0.481 e. The smallest absolute Gasteiger partial charge is 0.317 e. The maximum Gasteiger partial charge on any atom is 0.317 e. The van der Waals surface area contributed by atoms with Crippen LogP contribution in [0.2, 0.25) is 0 Å². The standard InChI is InChI=1S/C17H20BrFN2O3/c18-14-9-11(1-2-15(14)19)12-7-13(8-12)20-17(24)21-5-3-10(4-6-21)16(22)23/h1-2,9-10,12-13H,3-8H2,(H,20,24)(H,22,23). The Balaban J connectivity index is 1.45. The van der Waals surface area contributed by atoms with Gasteiger partial charge in [0, 0.05) is 19.1 Å². The molecule has 2 amide bonds. The summed E-state index contributed by atoms with van der Waals surface area (Å²) in [5, 5.41) is 12.0. The topological polar surface area (TPSA) is 69.6 Å². The highest BCUT2D eigenvalue weighted by Gasteiger charge is 2.34. The molecule has 1 saturated carbocycles. The number of carboxylic acid groups (broad SMARTS) is 1. The number of likely N-dealkylation sites (tertiary alicyclic amines) is 1. The fourth-order valence-corrected chi connectivity index (χ4v) is 3.77. The number of nitrogens with zero attached hydrogens (tertiary/aromatic N) is 1. The van der Waals surface area contributed by atoms with Crippen molar-refractivity contribution in [3.8, 4) is 0 Å². The van der Waals surface area contributed by atoms with Crippen LogP contribution < -0.4 is 5.32 Å². The van der Waals surface area contributed by atoms with Crippen molar-refractivity contribution in [1.82, 2.24) is 10.2 Å². The van der Waals surface area contributed by atoms with Gasteiger partial charge >= 0.3 is 12.0 Å². The number of piperidine rings is 1. The molecule has 0 radical (unpaired) electrons. The summed E-state index contributed by atoms with van der Waals surface area (Å²) in [5.41, 5.74) is 1.08. The molecule has 1 aliphatic heterocycles. The Bertz CT molecular complexity index is 641. The highest BCUT2D eigenvalue weighted by atomic mass is 79.9. The molecule has 7 heteroatoms. The summed E-state index contributed by atoms with van der Waals surface area (Å²) in [6, 6.07) is 5.07. The third kappa shape index (κ3) is 3.71. The van der Waals surface area contributed by atoms with Crippen molar-refractivity contribution in [1.29, 1.82) is 0 Å². The SMILES string of the molecule is O=C(O)C1CCN(C(=O)NC2CC(c3ccc(F)c(Br)c3)C2)CC1. The van der Waals surface area contributed by atoms with Crippen LogP contribution in [0.4, 0.5) is 9.18 Å². The van der Waals surface area contributed by atoms with E-state index >= 15 is 0 Å². The normalized spacial score (nSPS) is 24.3. The summed E-state index contributed by atoms with van der Waals surface area (Å²) >= 11 is 3.20. The molecule has 2 N–H and O–H groups in total. The van der Waals surface area contributed by atoms with Gasteiger partial charge in [0.15, 0.2) is 0 Å². The zero-order chi connectivity index (χ0) is 17.3. The summed E-state index contributed by atoms with van der Waals surface area (Å²) in [4.78, 5) is 24.9. The lowest BCUT2D eigenvalue weighted by molar-refractivity contribution is -0.143. The van der Waals surface area contributed by atoms with Gasteiger partial charge in [0.05, 0.1) is 10.4 Å². The Labute approximate surface area is 148 Å². The molecule has 0 atom stereocenters. The lowest BCUT2D eigenvalue weighted by Crippen LogP contribution is -2.51. The van der Waals surface area contributed by atoms with Crippen LogP contribution in [-0.4, -0.2) is 41.1 Å². The summed E-state index contributed by atoms with van der Waals surface area (Å²) in [7, 11) is 0. The average molecular weight is 399 g/mol. The second-order valence-corrected chi connectivity index (χ2v) is 7.44. The Kier molecular flexibility index (Phi) is 5.08. The number of halogens is 2. The molecular formula is C17H20BrFN2O3. The van der Waals surface area contributed by atoms with Gasteiger partial charge in [-0.15, -0.1) is 0 Å². The summed E-state index contributed by atoms with van der Waals surface area (Å²) in [5.74, 6) is -1.04. The highest BCUT2D eigenvalue weighted by molar-refractivity contribution is 9.10. The van der Waals surface area contributed by atoms with Gasteiger partial charge in [-0.3, -0.25) is 4.79 Å². The molecule has 0 spiro atoms. The first-order valence-corrected chi connectivity index (χ1v) is 8.96. The minimum Gasteiger partial charge on any atom is -0.481 e. The molecule has 5 nitrogen and oxygen atoms in total. The van der Waals surface area contributed by atoms with E-state index in [4.69, 9.17) is 5.11 Å². The maximum absolute atomic E-state index is 13.3. The van der Waals surface area contributed by atoms with Crippen LogP contribution in [0, 0.1) is 11.7 Å². The first-order valence-electron chi connectivity index (χ1n) is 8.17. The van der Waals surface area contributed by atoms with Gasteiger partial charge in [-0.05, 0) is 65.2 Å². The number of nitrogens with one attached hydrogen (secondary N) is 1. The van der Waals surface area contributed by atoms with E-state index in [2.05, 4.69) is 21.2 Å². The van der Waals surface area contributed by atoms with E-state index in [1.54, 1.807) is 17.0 Å². The molecule has 1 aromatic rings. The van der Waals surface area contributed by atoms with E-state index in [-0.39, 0.29) is 23.8 Å². The Morgan fingerprint density at radius 2 is 1.92 bits per heavy atom. The van der Waals surface area contributed by atoms with E-state index in [9.17, 15) is 14.0 Å². The minimum absolute atomic E-state index is 0.109. The van der Waals surface area contributed by atoms with Crippen molar-refractivity contribution < 1.29 is 19.1 Å². The highest BCUT2D eigenvalue weighted by Crippen LogP contribution is 2.38. The van der Waals surface area contributed by atoms with Gasteiger partial charge < -0.3 is 15.3 Å². The fourth-order valence-electron chi connectivity index (χ4n) is 3.37. The van der Waals surface area contributed by atoms with Crippen LogP contribution in [0.15, 0.2) is 22.7 Å². The number of carboxylic acids is 1. The monoisotopic (exact) mass is 398 g/mol. The van der Waals surface area contributed by atoms with E-state index in [0.29, 0.717) is 36.3 Å². The zero-order valence-electron chi connectivity index (χ0n) is 13.2. The van der Waals surface area contributed by atoms with Gasteiger partial charge in [-0.25, -0.2) is 9.18 Å². The van der Waals surface area contributed by atoms with Gasteiger partial charge in [-0.1, -0.05) is 6.07 Å². The van der Waals surface area contributed by atoms with Crippen molar-refractivity contribution in [3.05, 3.63) is 34.1 Å². The number of amides is 2. The second-order valence-electron chi connectivity index (χ2n) is 6.59. The predicted molar refractivity (Wildman–Crippen MR) is 90.3 cm³/mol. The first-order chi connectivity index (χ1) is 11.4. The Morgan fingerprint density at radius 3 is 2.50 bits per heavy atom. The first kappa shape index (κ1) is 17.2. The molecule has 130 valence electrons. The van der Waals surface area contributed by atoms with E-state index in [0.717, 1.165) is 18.4 Å². The van der Waals surface area contributed by atoms with E-state index < -0.39 is 5.97 Å². The maximum atomic E-state index is 13.3. The molecule has 24 heavy (non-hydrogen) atoms. The number of aliphatic carboxylic acids is 1. The van der Waals surface area contributed by atoms with Crippen LogP contribution in [0.25, 0.3) is 0 Å². The summed E-state index contributed by atoms with van der Waals surface area (Å²) < 4.78 is 13.7. The molecule has 2 fully saturated rings. The number of urea groups is 1. The number of hydrogen-bond donors (Lipinski definition) is 2. The van der Waals surface area contributed by atoms with Crippen molar-refractivity contribution >= 4 is 27.9 Å². The van der Waals surface area contributed by atoms with Crippen molar-refractivity contribution in [2.75, 3.05) is 13.1 Å². The van der Waals surface area contributed by atoms with Crippen molar-refractivity contribution in [2.24, 2.45) is 5.92 Å². The van der Waals surface area contributed by atoms with Crippen molar-refractivity contribution in [2.45, 2.75) is 37.6 Å². The van der Waals surface area contributed by atoms with Crippen LogP contribution in [-0.2, 0) is 4.79 Å². The second kappa shape index (κ2) is 7.09.